The summed E-state index contributed by atoms with van der Waals surface area (Å²) in [7, 11) is 1.14. The molecule has 0 unspecified atom stereocenters. The van der Waals surface area contributed by atoms with Crippen molar-refractivity contribution in [3.63, 3.8) is 0 Å². The number of hydrogen-bond acceptors (Lipinski definition) is 3. The van der Waals surface area contributed by atoms with Crippen molar-refractivity contribution in [3.8, 4) is 0 Å². The highest BCUT2D eigenvalue weighted by atomic mass is 35.5. The van der Waals surface area contributed by atoms with Crippen molar-refractivity contribution in [2.45, 2.75) is 45.0 Å². The molecule has 0 radical (unpaired) electrons. The molecule has 2 aliphatic rings. The van der Waals surface area contributed by atoms with Crippen LogP contribution in [0.2, 0.25) is 5.02 Å². The molecule has 1 aliphatic heterocycles. The topological polar surface area (TPSA) is 38.8 Å². The van der Waals surface area contributed by atoms with E-state index < -0.39 is 63.9 Å². The smallest absolute Gasteiger partial charge is 0.317 e. The van der Waals surface area contributed by atoms with Crippen molar-refractivity contribution in [2.75, 3.05) is 51.5 Å². The summed E-state index contributed by atoms with van der Waals surface area (Å²) in [6, 6.07) is 3.12. The van der Waals surface area contributed by atoms with Crippen LogP contribution >= 0.6 is 11.6 Å². The van der Waals surface area contributed by atoms with E-state index >= 15 is 0 Å². The molecule has 1 saturated carbocycles. The van der Waals surface area contributed by atoms with Crippen LogP contribution in [0.5, 0.6) is 0 Å². The van der Waals surface area contributed by atoms with E-state index in [1.54, 1.807) is 13.0 Å². The van der Waals surface area contributed by atoms with Gasteiger partial charge in [0, 0.05) is 58.4 Å². The molecule has 1 saturated heterocycles. The maximum absolute atomic E-state index is 12.2. The Hall–Kier alpha value is -1.46. The molecule has 6 heteroatoms. The highest BCUT2D eigenvalue weighted by Gasteiger charge is 2.24. The first-order valence-corrected chi connectivity index (χ1v) is 9.66. The molecule has 0 atom stereocenters. The number of anilines is 1. The van der Waals surface area contributed by atoms with Gasteiger partial charge < -0.3 is 15.1 Å². The zero-order valence-electron chi connectivity index (χ0n) is 29.1. The van der Waals surface area contributed by atoms with Crippen LogP contribution in [-0.2, 0) is 0 Å². The second-order valence-corrected chi connectivity index (χ2v) is 7.42. The van der Waals surface area contributed by atoms with E-state index in [-0.39, 0.29) is 36.4 Å². The van der Waals surface area contributed by atoms with E-state index in [1.807, 2.05) is 0 Å². The molecule has 1 aromatic rings. The maximum atomic E-state index is 12.2. The van der Waals surface area contributed by atoms with E-state index in [9.17, 15) is 4.79 Å². The van der Waals surface area contributed by atoms with Gasteiger partial charge in [0.1, 0.15) is 0 Å². The van der Waals surface area contributed by atoms with Crippen LogP contribution < -0.4 is 10.2 Å². The van der Waals surface area contributed by atoms with E-state index in [4.69, 9.17) is 29.4 Å². The molecule has 1 aromatic carbocycles. The van der Waals surface area contributed by atoms with Crippen LogP contribution in [0.15, 0.2) is 18.2 Å². The van der Waals surface area contributed by atoms with Gasteiger partial charge >= 0.3 is 6.03 Å². The number of nitrogens with one attached hydrogen (secondary N) is 1. The molecule has 1 N–H and O–H groups in total. The molecule has 0 bridgehead atoms. The molecule has 156 valence electrons. The summed E-state index contributed by atoms with van der Waals surface area (Å²) in [5, 5.41) is 2.55. The average Bonchev–Trinajstić information content (AvgIpc) is 2.83. The first-order chi connectivity index (χ1) is 18.4. The number of carbonyl (C=O) groups is 1. The van der Waals surface area contributed by atoms with Crippen LogP contribution in [0.3, 0.4) is 0 Å². The Bertz CT molecular complexity index is 1110. The van der Waals surface area contributed by atoms with Gasteiger partial charge in [0.25, 0.3) is 0 Å². The Labute approximate surface area is 193 Å². The third-order valence-corrected chi connectivity index (χ3v) is 5.40. The molecule has 1 aliphatic carbocycles. The van der Waals surface area contributed by atoms with Crippen LogP contribution in [-0.4, -0.2) is 68.4 Å². The van der Waals surface area contributed by atoms with Crippen LogP contribution in [0.25, 0.3) is 0 Å². The molecular formula is C22H35ClN4O. The molecule has 5 nitrogen and oxygen atoms in total. The third kappa shape index (κ3) is 5.54. The van der Waals surface area contributed by atoms with Crippen molar-refractivity contribution >= 4 is 23.3 Å². The Kier molecular flexibility index (Phi) is 3.52. The van der Waals surface area contributed by atoms with Gasteiger partial charge in [0.05, 0.1) is 16.2 Å². The second kappa shape index (κ2) is 9.84. The van der Waals surface area contributed by atoms with Crippen molar-refractivity contribution in [2.24, 2.45) is 5.92 Å². The number of carbonyl (C=O) groups excluding carboxylic acids is 1. The fraction of sp³-hybridized carbons (Fsp3) is 0.682. The Morgan fingerprint density at radius 1 is 1.32 bits per heavy atom. The molecule has 28 heavy (non-hydrogen) atoms. The highest BCUT2D eigenvalue weighted by Crippen LogP contribution is 2.30. The summed E-state index contributed by atoms with van der Waals surface area (Å²) in [4.78, 5) is 13.5. The van der Waals surface area contributed by atoms with E-state index in [0.717, 1.165) is 7.05 Å². The molecule has 3 rings (SSSR count). The van der Waals surface area contributed by atoms with Gasteiger partial charge in [-0.1, -0.05) is 23.7 Å². The number of nitrogens with zero attached hydrogens (tertiary/aromatic N) is 3. The Morgan fingerprint density at radius 3 is 2.71 bits per heavy atom. The zero-order chi connectivity index (χ0) is 31.6. The number of rotatable bonds is 5. The molecule has 0 aromatic heterocycles. The Morgan fingerprint density at radius 2 is 2.04 bits per heavy atom. The van der Waals surface area contributed by atoms with Crippen molar-refractivity contribution < 1.29 is 22.6 Å². The van der Waals surface area contributed by atoms with Gasteiger partial charge in [-0.3, -0.25) is 4.90 Å². The minimum Gasteiger partial charge on any atom is -0.368 e. The summed E-state index contributed by atoms with van der Waals surface area (Å²) in [5.74, 6) is -0.747. The van der Waals surface area contributed by atoms with Gasteiger partial charge in [-0.25, -0.2) is 4.79 Å². The monoisotopic (exact) mass is 419 g/mol. The van der Waals surface area contributed by atoms with Crippen LogP contribution in [0.4, 0.5) is 10.5 Å². The lowest BCUT2D eigenvalue weighted by Gasteiger charge is -2.37. The Balaban J connectivity index is 1.85. The van der Waals surface area contributed by atoms with Gasteiger partial charge in [-0.15, -0.1) is 0 Å². The lowest BCUT2D eigenvalue weighted by molar-refractivity contribution is 0.194. The van der Waals surface area contributed by atoms with Crippen molar-refractivity contribution in [1.82, 2.24) is 15.1 Å². The normalized spacial score (nSPS) is 38.5. The summed E-state index contributed by atoms with van der Waals surface area (Å²) in [5.41, 5.74) is 0.217. The fourth-order valence-electron chi connectivity index (χ4n) is 3.21. The molecule has 0 spiro atoms. The number of amides is 2. The van der Waals surface area contributed by atoms with Gasteiger partial charge in [-0.2, -0.15) is 0 Å². The lowest BCUT2D eigenvalue weighted by Crippen LogP contribution is -2.47. The largest absolute Gasteiger partial charge is 0.368 e. The fourth-order valence-corrected chi connectivity index (χ4v) is 3.42. The number of halogens is 1. The first-order valence-electron chi connectivity index (χ1n) is 15.8. The average molecular weight is 420 g/mol. The number of aryl methyl sites for hydroxylation is 1. The standard InChI is InChI=1S/C22H35ClN4O/c1-17-5-4-6-20(21(17)23)27-15-13-26(14-16-27)12-11-18-7-9-19(10-8-18)24-22(28)25(2)3/h4-6,18-19H,7-16H2,1-3H3,(H,24,28)/t18-,19-/i2D3,11D2,13D2,14D2,15D2,16D2. The molecule has 2 fully saturated rings. The molecular weight excluding hydrogens is 372 g/mol. The predicted octanol–water partition coefficient (Wildman–Crippen LogP) is 3.99. The SMILES string of the molecule is [2H]C([2H])([2H])N(C)C(=O)N[C@H]1CC[C@H](C([2H])([2H])CN2C([2H])([2H])C([2H])([2H])N(c3cccc(C)c3Cl)C([2H])([2H])C2([2H])[2H])CC1. The summed E-state index contributed by atoms with van der Waals surface area (Å²) in [6.45, 7) is -14.8. The minimum atomic E-state index is -3.21. The van der Waals surface area contributed by atoms with Crippen LogP contribution in [0, 0.1) is 12.8 Å². The number of hydrogen-bond donors (Lipinski definition) is 1. The van der Waals surface area contributed by atoms with Gasteiger partial charge in [0.15, 0.2) is 0 Å². The number of urea groups is 1. The summed E-state index contributed by atoms with van der Waals surface area (Å²) >= 11 is 6.34. The molecule has 2 amide bonds. The van der Waals surface area contributed by atoms with Gasteiger partial charge in [-0.05, 0) is 63.1 Å². The summed E-state index contributed by atoms with van der Waals surface area (Å²) < 4.78 is 109. The quantitative estimate of drug-likeness (QED) is 0.784. The van der Waals surface area contributed by atoms with E-state index in [1.165, 1.54) is 12.1 Å². The number of benzene rings is 1. The van der Waals surface area contributed by atoms with Gasteiger partial charge in [0.2, 0.25) is 0 Å². The zero-order valence-corrected chi connectivity index (χ0v) is 16.8. The lowest BCUT2D eigenvalue weighted by atomic mass is 9.84. The minimum absolute atomic E-state index is 0.0652. The molecule has 1 heterocycles. The third-order valence-electron chi connectivity index (χ3n) is 4.90. The summed E-state index contributed by atoms with van der Waals surface area (Å²) in [6.07, 6.45) is -1.32. The highest BCUT2D eigenvalue weighted by molar-refractivity contribution is 6.34. The first kappa shape index (κ1) is 10.0. The maximum Gasteiger partial charge on any atom is 0.317 e. The van der Waals surface area contributed by atoms with Crippen LogP contribution in [0.1, 0.15) is 55.4 Å². The van der Waals surface area contributed by atoms with E-state index in [0.29, 0.717) is 20.3 Å². The van der Waals surface area contributed by atoms with Crippen molar-refractivity contribution in [3.05, 3.63) is 28.8 Å². The predicted molar refractivity (Wildman–Crippen MR) is 117 cm³/mol. The van der Waals surface area contributed by atoms with E-state index in [2.05, 4.69) is 5.32 Å². The van der Waals surface area contributed by atoms with Crippen molar-refractivity contribution in [1.29, 1.82) is 0 Å². The second-order valence-electron chi connectivity index (χ2n) is 7.04. The number of piperazine rings is 1.